The Morgan fingerprint density at radius 1 is 1.15 bits per heavy atom. The molecule has 20 heavy (non-hydrogen) atoms. The van der Waals surface area contributed by atoms with Crippen LogP contribution in [0.3, 0.4) is 0 Å². The number of hydrogen-bond acceptors (Lipinski definition) is 1. The van der Waals surface area contributed by atoms with Crippen molar-refractivity contribution in [2.24, 2.45) is 11.8 Å². The second kappa shape index (κ2) is 5.77. The van der Waals surface area contributed by atoms with Crippen molar-refractivity contribution >= 4 is 22.6 Å². The van der Waals surface area contributed by atoms with Gasteiger partial charge in [-0.1, -0.05) is 26.0 Å². The van der Waals surface area contributed by atoms with E-state index < -0.39 is 0 Å². The number of alkyl halides is 1. The van der Waals surface area contributed by atoms with Crippen LogP contribution < -0.4 is 0 Å². The summed E-state index contributed by atoms with van der Waals surface area (Å²) in [6.45, 7) is 4.76. The lowest BCUT2D eigenvalue weighted by Crippen LogP contribution is -2.24. The van der Waals surface area contributed by atoms with Gasteiger partial charge in [0.25, 0.3) is 0 Å². The van der Waals surface area contributed by atoms with Crippen molar-refractivity contribution in [2.45, 2.75) is 45.6 Å². The molecule has 2 nitrogen and oxygen atoms in total. The summed E-state index contributed by atoms with van der Waals surface area (Å²) in [5.41, 5.74) is 2.39. The number of fused-ring (bicyclic) bond motifs is 1. The fraction of sp³-hybridized carbons (Fsp3) is 0.588. The van der Waals surface area contributed by atoms with E-state index in [1.54, 1.807) is 0 Å². The van der Waals surface area contributed by atoms with E-state index in [-0.39, 0.29) is 0 Å². The van der Waals surface area contributed by atoms with Crippen LogP contribution >= 0.6 is 11.6 Å². The second-order valence-corrected chi connectivity index (χ2v) is 6.77. The summed E-state index contributed by atoms with van der Waals surface area (Å²) in [5, 5.41) is 0. The molecule has 1 aromatic carbocycles. The summed E-state index contributed by atoms with van der Waals surface area (Å²) in [5.74, 6) is 3.40. The predicted molar refractivity (Wildman–Crippen MR) is 85.4 cm³/mol. The maximum absolute atomic E-state index is 5.98. The minimum Gasteiger partial charge on any atom is -0.325 e. The molecule has 0 N–H and O–H groups in total. The molecule has 0 radical (unpaired) electrons. The van der Waals surface area contributed by atoms with E-state index in [0.29, 0.717) is 11.9 Å². The van der Waals surface area contributed by atoms with E-state index >= 15 is 0 Å². The lowest BCUT2D eigenvalue weighted by Gasteiger charge is -2.33. The molecule has 1 aliphatic rings. The van der Waals surface area contributed by atoms with Crippen LogP contribution in [0.2, 0.25) is 0 Å². The molecule has 3 rings (SSSR count). The molecule has 0 saturated heterocycles. The summed E-state index contributed by atoms with van der Waals surface area (Å²) in [6, 6.07) is 9.07. The van der Waals surface area contributed by atoms with Crippen LogP contribution in [-0.2, 0) is 6.42 Å². The van der Waals surface area contributed by atoms with Crippen LogP contribution in [0.25, 0.3) is 11.0 Å². The number of halogens is 1. The van der Waals surface area contributed by atoms with Gasteiger partial charge >= 0.3 is 0 Å². The molecule has 2 unspecified atom stereocenters. The number of imidazole rings is 1. The van der Waals surface area contributed by atoms with Crippen molar-refractivity contribution in [1.29, 1.82) is 0 Å². The van der Waals surface area contributed by atoms with E-state index in [0.717, 1.165) is 29.6 Å². The SMILES string of the molecule is CC1CC(C)CC(n2c(CCCl)nc3ccccc32)C1. The van der Waals surface area contributed by atoms with Crippen LogP contribution in [0.1, 0.15) is 45.0 Å². The standard InChI is InChI=1S/C17H23ClN2/c1-12-9-13(2)11-14(10-12)20-16-6-4-3-5-15(16)19-17(20)7-8-18/h3-6,12-14H,7-11H2,1-2H3. The molecular formula is C17H23ClN2. The Hall–Kier alpha value is -1.02. The summed E-state index contributed by atoms with van der Waals surface area (Å²) in [6.07, 6.45) is 4.74. The van der Waals surface area contributed by atoms with Gasteiger partial charge in [-0.25, -0.2) is 4.98 Å². The topological polar surface area (TPSA) is 17.8 Å². The van der Waals surface area contributed by atoms with Crippen molar-refractivity contribution in [2.75, 3.05) is 5.88 Å². The number of para-hydroxylation sites is 2. The molecule has 2 atom stereocenters. The molecule has 1 aromatic heterocycles. The third kappa shape index (κ3) is 2.58. The Bertz CT molecular complexity index is 580. The van der Waals surface area contributed by atoms with Gasteiger partial charge in [-0.2, -0.15) is 0 Å². The smallest absolute Gasteiger partial charge is 0.111 e. The van der Waals surface area contributed by atoms with E-state index in [4.69, 9.17) is 16.6 Å². The molecule has 0 spiro atoms. The zero-order valence-corrected chi connectivity index (χ0v) is 13.1. The first-order chi connectivity index (χ1) is 9.69. The van der Waals surface area contributed by atoms with Gasteiger partial charge in [0.2, 0.25) is 0 Å². The molecule has 0 bridgehead atoms. The molecule has 108 valence electrons. The van der Waals surface area contributed by atoms with Crippen molar-refractivity contribution < 1.29 is 0 Å². The van der Waals surface area contributed by atoms with Gasteiger partial charge in [-0.05, 0) is 43.2 Å². The molecule has 0 aliphatic heterocycles. The molecule has 3 heteroatoms. The Labute approximate surface area is 126 Å². The monoisotopic (exact) mass is 290 g/mol. The molecule has 2 aromatic rings. The van der Waals surface area contributed by atoms with Crippen LogP contribution in [0.15, 0.2) is 24.3 Å². The number of hydrogen-bond donors (Lipinski definition) is 0. The highest BCUT2D eigenvalue weighted by Gasteiger charge is 2.27. The third-order valence-electron chi connectivity index (χ3n) is 4.51. The molecule has 1 fully saturated rings. The van der Waals surface area contributed by atoms with Gasteiger partial charge in [-0.15, -0.1) is 11.6 Å². The normalized spacial score (nSPS) is 27.1. The Morgan fingerprint density at radius 3 is 2.55 bits per heavy atom. The first kappa shape index (κ1) is 13.9. The number of benzene rings is 1. The van der Waals surface area contributed by atoms with E-state index in [2.05, 4.69) is 42.7 Å². The highest BCUT2D eigenvalue weighted by Crippen LogP contribution is 2.38. The van der Waals surface area contributed by atoms with E-state index in [1.165, 1.54) is 24.8 Å². The first-order valence-electron chi connectivity index (χ1n) is 7.70. The predicted octanol–water partition coefficient (Wildman–Crippen LogP) is 4.81. The highest BCUT2D eigenvalue weighted by atomic mass is 35.5. The number of nitrogens with zero attached hydrogens (tertiary/aromatic N) is 2. The van der Waals surface area contributed by atoms with Crippen LogP contribution in [0.4, 0.5) is 0 Å². The molecule has 1 heterocycles. The Kier molecular flexibility index (Phi) is 4.02. The van der Waals surface area contributed by atoms with Gasteiger partial charge in [0.1, 0.15) is 5.82 Å². The lowest BCUT2D eigenvalue weighted by atomic mass is 9.80. The number of aromatic nitrogens is 2. The van der Waals surface area contributed by atoms with Crippen molar-refractivity contribution in [3.63, 3.8) is 0 Å². The van der Waals surface area contributed by atoms with Crippen LogP contribution in [0.5, 0.6) is 0 Å². The van der Waals surface area contributed by atoms with E-state index in [9.17, 15) is 0 Å². The zero-order valence-electron chi connectivity index (χ0n) is 12.3. The Morgan fingerprint density at radius 2 is 1.85 bits per heavy atom. The maximum Gasteiger partial charge on any atom is 0.111 e. The average molecular weight is 291 g/mol. The van der Waals surface area contributed by atoms with Gasteiger partial charge in [0.05, 0.1) is 11.0 Å². The molecule has 0 amide bonds. The number of rotatable bonds is 3. The fourth-order valence-corrected chi connectivity index (χ4v) is 4.05. The van der Waals surface area contributed by atoms with Crippen LogP contribution in [-0.4, -0.2) is 15.4 Å². The summed E-state index contributed by atoms with van der Waals surface area (Å²) in [4.78, 5) is 4.81. The number of aryl methyl sites for hydroxylation is 1. The molecule has 1 saturated carbocycles. The second-order valence-electron chi connectivity index (χ2n) is 6.40. The largest absolute Gasteiger partial charge is 0.325 e. The Balaban J connectivity index is 2.05. The minimum atomic E-state index is 0.583. The minimum absolute atomic E-state index is 0.583. The third-order valence-corrected chi connectivity index (χ3v) is 4.69. The maximum atomic E-state index is 5.98. The van der Waals surface area contributed by atoms with Crippen molar-refractivity contribution in [3.05, 3.63) is 30.1 Å². The van der Waals surface area contributed by atoms with Gasteiger partial charge in [-0.3, -0.25) is 0 Å². The summed E-state index contributed by atoms with van der Waals surface area (Å²) in [7, 11) is 0. The summed E-state index contributed by atoms with van der Waals surface area (Å²) >= 11 is 5.98. The van der Waals surface area contributed by atoms with Crippen molar-refractivity contribution in [3.8, 4) is 0 Å². The van der Waals surface area contributed by atoms with E-state index in [1.807, 2.05) is 0 Å². The average Bonchev–Trinajstić information content (AvgIpc) is 2.76. The van der Waals surface area contributed by atoms with Crippen LogP contribution in [0, 0.1) is 11.8 Å². The lowest BCUT2D eigenvalue weighted by molar-refractivity contribution is 0.222. The van der Waals surface area contributed by atoms with Gasteiger partial charge in [0, 0.05) is 18.3 Å². The van der Waals surface area contributed by atoms with Gasteiger partial charge in [0.15, 0.2) is 0 Å². The summed E-state index contributed by atoms with van der Waals surface area (Å²) < 4.78 is 2.48. The fourth-order valence-electron chi connectivity index (χ4n) is 3.88. The molecule has 1 aliphatic carbocycles. The zero-order chi connectivity index (χ0) is 14.1. The van der Waals surface area contributed by atoms with Crippen molar-refractivity contribution in [1.82, 2.24) is 9.55 Å². The first-order valence-corrected chi connectivity index (χ1v) is 8.24. The molecular weight excluding hydrogens is 268 g/mol. The highest BCUT2D eigenvalue weighted by molar-refractivity contribution is 6.17. The van der Waals surface area contributed by atoms with Gasteiger partial charge < -0.3 is 4.57 Å². The quantitative estimate of drug-likeness (QED) is 0.741.